The largest absolute Gasteiger partial charge is 0.479 e. The van der Waals surface area contributed by atoms with Crippen LogP contribution >= 0.6 is 0 Å². The van der Waals surface area contributed by atoms with Gasteiger partial charge in [0, 0.05) is 6.08 Å². The van der Waals surface area contributed by atoms with Gasteiger partial charge in [-0.3, -0.25) is 9.78 Å². The van der Waals surface area contributed by atoms with Gasteiger partial charge in [-0.1, -0.05) is 0 Å². The number of nitrogens with two attached hydrogens (primary N) is 1. The first-order valence-electron chi connectivity index (χ1n) is 4.82. The lowest BCUT2D eigenvalue weighted by atomic mass is 10.3. The maximum Gasteiger partial charge on any atom is 0.328 e. The van der Waals surface area contributed by atoms with Gasteiger partial charge in [0.2, 0.25) is 0 Å². The van der Waals surface area contributed by atoms with Crippen molar-refractivity contribution in [3.05, 3.63) is 30.1 Å². The zero-order valence-electron chi connectivity index (χ0n) is 9.16. The molecule has 6 nitrogen and oxygen atoms in total. The summed E-state index contributed by atoms with van der Waals surface area (Å²) >= 11 is 0. The van der Waals surface area contributed by atoms with Crippen LogP contribution in [0.2, 0.25) is 0 Å². The van der Waals surface area contributed by atoms with Gasteiger partial charge in [0.1, 0.15) is 5.75 Å². The fourth-order valence-electron chi connectivity index (χ4n) is 0.979. The lowest BCUT2D eigenvalue weighted by Gasteiger charge is -2.10. The molecule has 1 heterocycles. The van der Waals surface area contributed by atoms with Crippen molar-refractivity contribution in [3.8, 4) is 5.75 Å². The van der Waals surface area contributed by atoms with Gasteiger partial charge in [0.05, 0.1) is 11.9 Å². The average Bonchev–Trinajstić information content (AvgIpc) is 2.28. The van der Waals surface area contributed by atoms with E-state index in [1.807, 2.05) is 0 Å². The molecule has 0 aromatic carbocycles. The molecule has 0 aliphatic carbocycles. The van der Waals surface area contributed by atoms with Crippen LogP contribution in [0.15, 0.2) is 24.4 Å². The standard InChI is InChI=1S/C11H12N2O4/c1-7(11(12)16)17-9-4-2-8(13-6-9)3-5-10(14)15/h2-7H,1H3,(H2,12,16)(H,14,15). The van der Waals surface area contributed by atoms with Crippen LogP contribution in [0, 0.1) is 0 Å². The maximum absolute atomic E-state index is 10.7. The van der Waals surface area contributed by atoms with Gasteiger partial charge >= 0.3 is 5.97 Å². The lowest BCUT2D eigenvalue weighted by molar-refractivity contribution is -0.131. The first-order valence-corrected chi connectivity index (χ1v) is 4.82. The van der Waals surface area contributed by atoms with Crippen molar-refractivity contribution in [1.82, 2.24) is 4.98 Å². The summed E-state index contributed by atoms with van der Waals surface area (Å²) in [5, 5.41) is 8.42. The number of carboxylic acids is 1. The highest BCUT2D eigenvalue weighted by atomic mass is 16.5. The molecule has 0 fully saturated rings. The van der Waals surface area contributed by atoms with E-state index in [0.29, 0.717) is 11.4 Å². The zero-order valence-corrected chi connectivity index (χ0v) is 9.16. The van der Waals surface area contributed by atoms with Crippen LogP contribution in [-0.2, 0) is 9.59 Å². The molecular formula is C11H12N2O4. The number of hydrogen-bond acceptors (Lipinski definition) is 4. The molecule has 1 aromatic rings. The third kappa shape index (κ3) is 4.33. The Kier molecular flexibility index (Phi) is 4.21. The van der Waals surface area contributed by atoms with Gasteiger partial charge in [-0.2, -0.15) is 0 Å². The molecule has 1 rings (SSSR count). The fraction of sp³-hybridized carbons (Fsp3) is 0.182. The van der Waals surface area contributed by atoms with Crippen molar-refractivity contribution in [3.63, 3.8) is 0 Å². The number of carboxylic acid groups (broad SMARTS) is 1. The van der Waals surface area contributed by atoms with E-state index in [-0.39, 0.29) is 0 Å². The number of rotatable bonds is 5. The minimum absolute atomic E-state index is 0.392. The number of aromatic nitrogens is 1. The van der Waals surface area contributed by atoms with Crippen LogP contribution in [0.3, 0.4) is 0 Å². The Morgan fingerprint density at radius 1 is 1.53 bits per heavy atom. The molecule has 0 saturated heterocycles. The third-order valence-electron chi connectivity index (χ3n) is 1.87. The Morgan fingerprint density at radius 3 is 2.71 bits per heavy atom. The number of nitrogens with zero attached hydrogens (tertiary/aromatic N) is 1. The van der Waals surface area contributed by atoms with Crippen molar-refractivity contribution in [2.45, 2.75) is 13.0 Å². The molecular weight excluding hydrogens is 224 g/mol. The van der Waals surface area contributed by atoms with E-state index in [2.05, 4.69) is 4.98 Å². The first-order chi connectivity index (χ1) is 7.99. The quantitative estimate of drug-likeness (QED) is 0.722. The smallest absolute Gasteiger partial charge is 0.328 e. The van der Waals surface area contributed by atoms with E-state index >= 15 is 0 Å². The van der Waals surface area contributed by atoms with Gasteiger partial charge in [-0.05, 0) is 25.1 Å². The Morgan fingerprint density at radius 2 is 2.24 bits per heavy atom. The van der Waals surface area contributed by atoms with Gasteiger partial charge < -0.3 is 15.6 Å². The van der Waals surface area contributed by atoms with Gasteiger partial charge in [0.15, 0.2) is 6.10 Å². The normalized spacial score (nSPS) is 12.3. The van der Waals surface area contributed by atoms with Crippen LogP contribution in [-0.4, -0.2) is 28.1 Å². The number of primary amides is 1. The van der Waals surface area contributed by atoms with Crippen molar-refractivity contribution in [2.75, 3.05) is 0 Å². The summed E-state index contributed by atoms with van der Waals surface area (Å²) in [6.45, 7) is 1.53. The minimum atomic E-state index is -1.05. The summed E-state index contributed by atoms with van der Waals surface area (Å²) in [5.41, 5.74) is 5.51. The monoisotopic (exact) mass is 236 g/mol. The van der Waals surface area contributed by atoms with Crippen LogP contribution < -0.4 is 10.5 Å². The Balaban J connectivity index is 2.68. The number of carbonyl (C=O) groups excluding carboxylic acids is 1. The number of ether oxygens (including phenoxy) is 1. The SMILES string of the molecule is CC(Oc1ccc(C=CC(=O)O)nc1)C(N)=O. The molecule has 0 radical (unpaired) electrons. The molecule has 0 bridgehead atoms. The predicted molar refractivity (Wildman–Crippen MR) is 60.2 cm³/mol. The highest BCUT2D eigenvalue weighted by molar-refractivity contribution is 5.84. The molecule has 6 heteroatoms. The molecule has 1 unspecified atom stereocenters. The molecule has 1 atom stereocenters. The van der Waals surface area contributed by atoms with Crippen molar-refractivity contribution in [1.29, 1.82) is 0 Å². The van der Waals surface area contributed by atoms with E-state index in [9.17, 15) is 9.59 Å². The van der Waals surface area contributed by atoms with E-state index in [0.717, 1.165) is 6.08 Å². The average molecular weight is 236 g/mol. The minimum Gasteiger partial charge on any atom is -0.479 e. The number of hydrogen-bond donors (Lipinski definition) is 2. The molecule has 90 valence electrons. The summed E-state index contributed by atoms with van der Waals surface area (Å²) in [5.74, 6) is -1.22. The van der Waals surface area contributed by atoms with E-state index in [1.165, 1.54) is 19.2 Å². The number of carbonyl (C=O) groups is 2. The number of aliphatic carboxylic acids is 1. The van der Waals surface area contributed by atoms with Crippen LogP contribution in [0.25, 0.3) is 6.08 Å². The van der Waals surface area contributed by atoms with Crippen LogP contribution in [0.1, 0.15) is 12.6 Å². The van der Waals surface area contributed by atoms with Crippen LogP contribution in [0.5, 0.6) is 5.75 Å². The summed E-state index contributed by atoms with van der Waals surface area (Å²) in [6, 6.07) is 3.15. The van der Waals surface area contributed by atoms with Crippen molar-refractivity contribution < 1.29 is 19.4 Å². The van der Waals surface area contributed by atoms with Gasteiger partial charge in [-0.25, -0.2) is 4.79 Å². The molecule has 0 saturated carbocycles. The molecule has 17 heavy (non-hydrogen) atoms. The highest BCUT2D eigenvalue weighted by Crippen LogP contribution is 2.11. The Hall–Kier alpha value is -2.37. The number of pyridine rings is 1. The molecule has 0 spiro atoms. The maximum atomic E-state index is 10.7. The second-order valence-electron chi connectivity index (χ2n) is 3.25. The number of amides is 1. The van der Waals surface area contributed by atoms with Gasteiger partial charge in [-0.15, -0.1) is 0 Å². The molecule has 1 aromatic heterocycles. The lowest BCUT2D eigenvalue weighted by Crippen LogP contribution is -2.30. The van der Waals surface area contributed by atoms with Crippen molar-refractivity contribution in [2.24, 2.45) is 5.73 Å². The van der Waals surface area contributed by atoms with Crippen molar-refractivity contribution >= 4 is 18.0 Å². The third-order valence-corrected chi connectivity index (χ3v) is 1.87. The Labute approximate surface area is 97.7 Å². The zero-order chi connectivity index (χ0) is 12.8. The van der Waals surface area contributed by atoms with Crippen LogP contribution in [0.4, 0.5) is 0 Å². The van der Waals surface area contributed by atoms with E-state index < -0.39 is 18.0 Å². The summed E-state index contributed by atoms with van der Waals surface area (Å²) in [7, 11) is 0. The van der Waals surface area contributed by atoms with E-state index in [4.69, 9.17) is 15.6 Å². The first kappa shape index (κ1) is 12.7. The Bertz CT molecular complexity index is 439. The van der Waals surface area contributed by atoms with E-state index in [1.54, 1.807) is 12.1 Å². The molecule has 0 aliphatic rings. The molecule has 1 amide bonds. The molecule has 0 aliphatic heterocycles. The highest BCUT2D eigenvalue weighted by Gasteiger charge is 2.09. The second-order valence-corrected chi connectivity index (χ2v) is 3.25. The van der Waals surface area contributed by atoms with Gasteiger partial charge in [0.25, 0.3) is 5.91 Å². The summed E-state index contributed by atoms with van der Waals surface area (Å²) < 4.78 is 5.18. The summed E-state index contributed by atoms with van der Waals surface area (Å²) in [4.78, 5) is 25.0. The summed E-state index contributed by atoms with van der Waals surface area (Å²) in [6.07, 6.45) is 2.98. The topological polar surface area (TPSA) is 103 Å². The fourth-order valence-corrected chi connectivity index (χ4v) is 0.979. The second kappa shape index (κ2) is 5.64. The molecule has 3 N–H and O–H groups in total. The predicted octanol–water partition coefficient (Wildman–Crippen LogP) is 0.432.